The van der Waals surface area contributed by atoms with Crippen molar-refractivity contribution in [2.75, 3.05) is 23.7 Å². The third-order valence-corrected chi connectivity index (χ3v) is 9.86. The van der Waals surface area contributed by atoms with Gasteiger partial charge in [0.1, 0.15) is 23.2 Å². The van der Waals surface area contributed by atoms with E-state index in [2.05, 4.69) is 10.6 Å². The number of anilines is 2. The molecule has 10 nitrogen and oxygen atoms in total. The Balaban J connectivity index is 0.844. The largest absolute Gasteiger partial charge is 0.464 e. The summed E-state index contributed by atoms with van der Waals surface area (Å²) in [6, 6.07) is 28.3. The van der Waals surface area contributed by atoms with Crippen molar-refractivity contribution < 1.29 is 28.0 Å². The van der Waals surface area contributed by atoms with Crippen LogP contribution in [0.2, 0.25) is 0 Å². The summed E-state index contributed by atoms with van der Waals surface area (Å²) in [5.74, 6) is -0.780. The minimum atomic E-state index is -0.546. The van der Waals surface area contributed by atoms with Crippen LogP contribution in [0.1, 0.15) is 57.5 Å². The van der Waals surface area contributed by atoms with Gasteiger partial charge in [-0.2, -0.15) is 0 Å². The zero-order chi connectivity index (χ0) is 35.6. The summed E-state index contributed by atoms with van der Waals surface area (Å²) < 4.78 is 10.9. The Kier molecular flexibility index (Phi) is 8.86. The van der Waals surface area contributed by atoms with Crippen molar-refractivity contribution in [3.05, 3.63) is 132 Å². The van der Waals surface area contributed by atoms with E-state index in [1.807, 2.05) is 84.9 Å². The number of fused-ring (bicyclic) bond motifs is 2. The summed E-state index contributed by atoms with van der Waals surface area (Å²) in [4.78, 5) is 56.4. The van der Waals surface area contributed by atoms with Crippen LogP contribution >= 0.6 is 0 Å². The van der Waals surface area contributed by atoms with Crippen molar-refractivity contribution in [3.63, 3.8) is 0 Å². The van der Waals surface area contributed by atoms with Crippen LogP contribution in [0, 0.1) is 0 Å². The number of hydrogen-bond acceptors (Lipinski definition) is 6. The molecule has 2 N–H and O–H groups in total. The first-order valence-electron chi connectivity index (χ1n) is 17.5. The average molecular weight is 693 g/mol. The maximum atomic E-state index is 13.3. The second kappa shape index (κ2) is 14.1. The molecule has 10 heteroatoms. The lowest BCUT2D eigenvalue weighted by Crippen LogP contribution is -2.43. The molecule has 4 amide bonds. The molecule has 2 aliphatic heterocycles. The summed E-state index contributed by atoms with van der Waals surface area (Å²) in [6.07, 6.45) is 9.84. The molecule has 2 aliphatic rings. The maximum absolute atomic E-state index is 13.3. The van der Waals surface area contributed by atoms with E-state index in [1.54, 1.807) is 46.6 Å². The standard InChI is InChI=1S/C42H36N4O6/c47-39(35-3-1-21-45(35)41(49)31-13-11-29-19-23-51-37(29)25-31)43-33-15-7-27(8-16-33)5-6-28-9-17-34(18-10-28)44-40(48)36-4-2-22-46(36)42(50)32-14-12-30-20-24-52-38(30)26-32/h5-20,23-26,35-36H,1-4,21-22H2,(H,43,47)(H,44,48)/b6-5+/t35-,36-/m1/s1. The summed E-state index contributed by atoms with van der Waals surface area (Å²) in [6.45, 7) is 1.05. The van der Waals surface area contributed by atoms with Crippen molar-refractivity contribution in [1.82, 2.24) is 9.80 Å². The Morgan fingerprint density at radius 2 is 0.981 bits per heavy atom. The van der Waals surface area contributed by atoms with Gasteiger partial charge in [-0.25, -0.2) is 0 Å². The second-order valence-electron chi connectivity index (χ2n) is 13.2. The topological polar surface area (TPSA) is 125 Å². The SMILES string of the molecule is O=C(Nc1ccc(/C=C/c2ccc(NC(=O)[C@H]3CCCN3C(=O)c3ccc4ccoc4c3)cc2)cc1)[C@H]1CCCN1C(=O)c1ccc2ccoc2c1. The molecular weight excluding hydrogens is 656 g/mol. The Labute approximate surface area is 299 Å². The first-order chi connectivity index (χ1) is 25.4. The first kappa shape index (κ1) is 32.8. The zero-order valence-electron chi connectivity index (χ0n) is 28.3. The van der Waals surface area contributed by atoms with Gasteiger partial charge in [0.05, 0.1) is 12.5 Å². The molecule has 4 aromatic carbocycles. The van der Waals surface area contributed by atoms with Crippen LogP contribution < -0.4 is 10.6 Å². The van der Waals surface area contributed by atoms with Crippen molar-refractivity contribution in [2.24, 2.45) is 0 Å². The number of nitrogens with one attached hydrogen (secondary N) is 2. The molecule has 2 fully saturated rings. The van der Waals surface area contributed by atoms with Crippen LogP contribution in [0.3, 0.4) is 0 Å². The molecule has 6 aromatic rings. The van der Waals surface area contributed by atoms with Gasteiger partial charge in [-0.3, -0.25) is 19.2 Å². The third kappa shape index (κ3) is 6.70. The van der Waals surface area contributed by atoms with E-state index in [1.165, 1.54) is 0 Å². The smallest absolute Gasteiger partial charge is 0.254 e. The van der Waals surface area contributed by atoms with E-state index >= 15 is 0 Å². The number of likely N-dealkylation sites (tertiary alicyclic amines) is 2. The van der Waals surface area contributed by atoms with Crippen molar-refractivity contribution in [1.29, 1.82) is 0 Å². The minimum absolute atomic E-state index is 0.181. The van der Waals surface area contributed by atoms with Gasteiger partial charge >= 0.3 is 0 Å². The second-order valence-corrected chi connectivity index (χ2v) is 13.2. The molecule has 0 saturated carbocycles. The Morgan fingerprint density at radius 1 is 0.558 bits per heavy atom. The lowest BCUT2D eigenvalue weighted by Gasteiger charge is -2.24. The van der Waals surface area contributed by atoms with Gasteiger partial charge in [-0.1, -0.05) is 48.6 Å². The molecule has 2 aromatic heterocycles. The van der Waals surface area contributed by atoms with Gasteiger partial charge in [0.2, 0.25) is 11.8 Å². The number of carbonyl (C=O) groups is 4. The molecule has 0 bridgehead atoms. The number of amides is 4. The Morgan fingerprint density at radius 3 is 1.40 bits per heavy atom. The number of benzene rings is 4. The highest BCUT2D eigenvalue weighted by Crippen LogP contribution is 2.26. The fourth-order valence-corrected chi connectivity index (χ4v) is 7.07. The van der Waals surface area contributed by atoms with Crippen LogP contribution in [0.25, 0.3) is 34.1 Å². The fraction of sp³-hybridized carbons (Fsp3) is 0.190. The summed E-state index contributed by atoms with van der Waals surface area (Å²) in [5.41, 5.74) is 5.48. The fourth-order valence-electron chi connectivity index (χ4n) is 7.07. The van der Waals surface area contributed by atoms with Gasteiger partial charge in [-0.15, -0.1) is 0 Å². The maximum Gasteiger partial charge on any atom is 0.254 e. The number of hydrogen-bond donors (Lipinski definition) is 2. The number of carbonyl (C=O) groups excluding carboxylic acids is 4. The van der Waals surface area contributed by atoms with E-state index < -0.39 is 12.1 Å². The monoisotopic (exact) mass is 692 g/mol. The number of furan rings is 2. The van der Waals surface area contributed by atoms with Crippen LogP contribution in [0.15, 0.2) is 118 Å². The van der Waals surface area contributed by atoms with E-state index in [4.69, 9.17) is 8.83 Å². The van der Waals surface area contributed by atoms with E-state index in [-0.39, 0.29) is 23.6 Å². The van der Waals surface area contributed by atoms with E-state index in [0.717, 1.165) is 34.7 Å². The average Bonchev–Trinajstić information content (AvgIpc) is 4.01. The molecule has 4 heterocycles. The summed E-state index contributed by atoms with van der Waals surface area (Å²) >= 11 is 0. The third-order valence-electron chi connectivity index (χ3n) is 9.86. The predicted octanol–water partition coefficient (Wildman–Crippen LogP) is 7.84. The molecule has 8 rings (SSSR count). The Hall–Kier alpha value is -6.42. The normalized spacial score (nSPS) is 17.3. The molecule has 260 valence electrons. The van der Waals surface area contributed by atoms with Crippen molar-refractivity contribution >= 4 is 69.1 Å². The first-order valence-corrected chi connectivity index (χ1v) is 17.5. The molecule has 0 aliphatic carbocycles. The van der Waals surface area contributed by atoms with Gasteiger partial charge in [-0.05, 0) is 97.5 Å². The Bertz CT molecular complexity index is 2160. The molecule has 52 heavy (non-hydrogen) atoms. The predicted molar refractivity (Wildman–Crippen MR) is 200 cm³/mol. The van der Waals surface area contributed by atoms with Gasteiger partial charge in [0.25, 0.3) is 11.8 Å². The van der Waals surface area contributed by atoms with E-state index in [0.29, 0.717) is 59.6 Å². The van der Waals surface area contributed by atoms with Gasteiger partial charge in [0.15, 0.2) is 0 Å². The number of nitrogens with zero attached hydrogens (tertiary/aromatic N) is 2. The highest BCUT2D eigenvalue weighted by Gasteiger charge is 2.36. The highest BCUT2D eigenvalue weighted by molar-refractivity contribution is 6.04. The quantitative estimate of drug-likeness (QED) is 0.157. The molecule has 2 saturated heterocycles. The van der Waals surface area contributed by atoms with Gasteiger partial charge < -0.3 is 29.3 Å². The van der Waals surface area contributed by atoms with E-state index in [9.17, 15) is 19.2 Å². The van der Waals surface area contributed by atoms with Crippen LogP contribution in [-0.2, 0) is 9.59 Å². The molecule has 0 spiro atoms. The highest BCUT2D eigenvalue weighted by atomic mass is 16.3. The van der Waals surface area contributed by atoms with Crippen LogP contribution in [-0.4, -0.2) is 58.6 Å². The van der Waals surface area contributed by atoms with Crippen molar-refractivity contribution in [3.8, 4) is 0 Å². The minimum Gasteiger partial charge on any atom is -0.464 e. The molecular formula is C42H36N4O6. The zero-order valence-corrected chi connectivity index (χ0v) is 28.3. The molecule has 0 unspecified atom stereocenters. The molecule has 0 radical (unpaired) electrons. The molecule has 2 atom stereocenters. The summed E-state index contributed by atoms with van der Waals surface area (Å²) in [7, 11) is 0. The van der Waals surface area contributed by atoms with Crippen LogP contribution in [0.5, 0.6) is 0 Å². The lowest BCUT2D eigenvalue weighted by molar-refractivity contribution is -0.120. The van der Waals surface area contributed by atoms with Crippen LogP contribution in [0.4, 0.5) is 11.4 Å². The summed E-state index contributed by atoms with van der Waals surface area (Å²) in [5, 5.41) is 7.80. The lowest BCUT2D eigenvalue weighted by atomic mass is 10.1. The van der Waals surface area contributed by atoms with Crippen molar-refractivity contribution in [2.45, 2.75) is 37.8 Å². The van der Waals surface area contributed by atoms with Gasteiger partial charge in [0, 0.05) is 46.4 Å². The number of rotatable bonds is 8.